The Bertz CT molecular complexity index is 856. The smallest absolute Gasteiger partial charge is 0.248 e. The average Bonchev–Trinajstić information content (AvgIpc) is 3.13. The van der Waals surface area contributed by atoms with Crippen molar-refractivity contribution in [3.05, 3.63) is 35.5 Å². The maximum Gasteiger partial charge on any atom is 0.248 e. The average molecular weight is 366 g/mol. The molecule has 3 rings (SSSR count). The first kappa shape index (κ1) is 17.7. The third-order valence-electron chi connectivity index (χ3n) is 4.41. The lowest BCUT2D eigenvalue weighted by Crippen LogP contribution is -2.51. The van der Waals surface area contributed by atoms with E-state index in [9.17, 15) is 13.2 Å². The molecule has 0 saturated carbocycles. The van der Waals surface area contributed by atoms with E-state index in [1.165, 1.54) is 4.31 Å². The zero-order chi connectivity index (χ0) is 18.2. The number of sulfonamides is 1. The van der Waals surface area contributed by atoms with Crippen LogP contribution in [0.1, 0.15) is 17.0 Å². The van der Waals surface area contributed by atoms with Crippen LogP contribution in [-0.2, 0) is 28.3 Å². The second kappa shape index (κ2) is 6.64. The molecule has 0 atom stereocenters. The quantitative estimate of drug-likeness (QED) is 0.795. The van der Waals surface area contributed by atoms with E-state index >= 15 is 0 Å². The Morgan fingerprint density at radius 2 is 1.92 bits per heavy atom. The maximum absolute atomic E-state index is 12.8. The molecule has 0 bridgehead atoms. The lowest BCUT2D eigenvalue weighted by atomic mass is 10.2. The van der Waals surface area contributed by atoms with Crippen LogP contribution in [0.3, 0.4) is 0 Å². The summed E-state index contributed by atoms with van der Waals surface area (Å²) in [6.07, 6.45) is 4.14. The third kappa shape index (κ3) is 3.47. The van der Waals surface area contributed by atoms with Crippen molar-refractivity contribution in [3.8, 4) is 0 Å². The zero-order valence-electron chi connectivity index (χ0n) is 14.6. The summed E-state index contributed by atoms with van der Waals surface area (Å²) in [5.74, 6) is 0.306. The summed E-state index contributed by atoms with van der Waals surface area (Å²) in [4.78, 5) is 14.2. The van der Waals surface area contributed by atoms with Crippen LogP contribution >= 0.6 is 0 Å². The molecule has 9 heteroatoms. The Kier molecular flexibility index (Phi) is 4.70. The Hall–Kier alpha value is -2.13. The van der Waals surface area contributed by atoms with Gasteiger partial charge in [-0.2, -0.15) is 4.31 Å². The van der Waals surface area contributed by atoms with E-state index < -0.39 is 10.0 Å². The molecule has 1 fully saturated rings. The fraction of sp³-hybridized carbons (Fsp3) is 0.500. The topological polar surface area (TPSA) is 88.7 Å². The molecule has 25 heavy (non-hydrogen) atoms. The van der Waals surface area contributed by atoms with Gasteiger partial charge in [-0.15, -0.1) is 0 Å². The van der Waals surface area contributed by atoms with Gasteiger partial charge in [0, 0.05) is 45.6 Å². The van der Waals surface area contributed by atoms with Crippen molar-refractivity contribution in [3.63, 3.8) is 0 Å². The van der Waals surface area contributed by atoms with Crippen molar-refractivity contribution in [2.45, 2.75) is 25.2 Å². The van der Waals surface area contributed by atoms with E-state index in [1.54, 1.807) is 18.7 Å². The van der Waals surface area contributed by atoms with E-state index in [0.717, 1.165) is 5.56 Å². The Morgan fingerprint density at radius 3 is 2.44 bits per heavy atom. The van der Waals surface area contributed by atoms with Gasteiger partial charge in [0.15, 0.2) is 5.76 Å². The Balaban J connectivity index is 1.64. The fourth-order valence-electron chi connectivity index (χ4n) is 3.10. The number of aryl methyl sites for hydroxylation is 3. The van der Waals surface area contributed by atoms with Crippen LogP contribution < -0.4 is 0 Å². The summed E-state index contributed by atoms with van der Waals surface area (Å²) in [5, 5.41) is 3.72. The predicted octanol–water partition coefficient (Wildman–Crippen LogP) is 0.706. The van der Waals surface area contributed by atoms with Gasteiger partial charge in [0.05, 0.1) is 6.42 Å². The summed E-state index contributed by atoms with van der Waals surface area (Å²) in [6.45, 7) is 4.51. The number of hydrogen-bond donors (Lipinski definition) is 0. The summed E-state index contributed by atoms with van der Waals surface area (Å²) in [6, 6.07) is 1.91. The number of aromatic nitrogens is 2. The van der Waals surface area contributed by atoms with Gasteiger partial charge < -0.3 is 14.0 Å². The van der Waals surface area contributed by atoms with Crippen LogP contribution in [0.5, 0.6) is 0 Å². The van der Waals surface area contributed by atoms with E-state index in [-0.39, 0.29) is 23.9 Å². The van der Waals surface area contributed by atoms with Gasteiger partial charge in [0.25, 0.3) is 0 Å². The van der Waals surface area contributed by atoms with Crippen LogP contribution in [0, 0.1) is 13.8 Å². The summed E-state index contributed by atoms with van der Waals surface area (Å²) in [7, 11) is -1.74. The highest BCUT2D eigenvalue weighted by Gasteiger charge is 2.34. The molecule has 3 heterocycles. The van der Waals surface area contributed by atoms with Gasteiger partial charge in [0.2, 0.25) is 15.9 Å². The minimum absolute atomic E-state index is 0.0144. The van der Waals surface area contributed by atoms with E-state index in [2.05, 4.69) is 5.16 Å². The molecule has 136 valence electrons. The number of nitrogens with zero attached hydrogens (tertiary/aromatic N) is 4. The first-order chi connectivity index (χ1) is 11.8. The lowest BCUT2D eigenvalue weighted by Gasteiger charge is -2.34. The Morgan fingerprint density at radius 1 is 1.24 bits per heavy atom. The van der Waals surface area contributed by atoms with Crippen molar-refractivity contribution in [1.82, 2.24) is 18.9 Å². The van der Waals surface area contributed by atoms with Crippen LogP contribution in [0.25, 0.3) is 0 Å². The molecule has 8 nitrogen and oxygen atoms in total. The van der Waals surface area contributed by atoms with Gasteiger partial charge in [-0.05, 0) is 25.5 Å². The minimum atomic E-state index is -3.65. The van der Waals surface area contributed by atoms with Crippen LogP contribution in [-0.4, -0.2) is 59.4 Å². The van der Waals surface area contributed by atoms with Crippen molar-refractivity contribution < 1.29 is 17.7 Å². The summed E-state index contributed by atoms with van der Waals surface area (Å²) >= 11 is 0. The largest absolute Gasteiger partial charge is 0.360 e. The normalized spacial score (nSPS) is 16.4. The van der Waals surface area contributed by atoms with E-state index in [1.807, 2.05) is 30.1 Å². The second-order valence-electron chi connectivity index (χ2n) is 6.30. The minimum Gasteiger partial charge on any atom is -0.360 e. The van der Waals surface area contributed by atoms with Crippen molar-refractivity contribution in [2.75, 3.05) is 26.2 Å². The number of amides is 1. The summed E-state index contributed by atoms with van der Waals surface area (Å²) < 4.78 is 33.8. The van der Waals surface area contributed by atoms with E-state index in [4.69, 9.17) is 4.52 Å². The molecule has 1 aliphatic rings. The van der Waals surface area contributed by atoms with Crippen LogP contribution in [0.15, 0.2) is 27.9 Å². The van der Waals surface area contributed by atoms with Crippen LogP contribution in [0.4, 0.5) is 0 Å². The molecule has 0 N–H and O–H groups in total. The van der Waals surface area contributed by atoms with Gasteiger partial charge >= 0.3 is 0 Å². The molecular weight excluding hydrogens is 344 g/mol. The SMILES string of the molecule is Cc1noc(C)c1S(=O)(=O)N1CCN(C(=O)Cc2ccn(C)c2)CC1. The number of carbonyl (C=O) groups excluding carboxylic acids is 1. The Labute approximate surface area is 147 Å². The number of carbonyl (C=O) groups is 1. The molecule has 0 aliphatic carbocycles. The zero-order valence-corrected chi connectivity index (χ0v) is 15.4. The lowest BCUT2D eigenvalue weighted by molar-refractivity contribution is -0.131. The second-order valence-corrected chi connectivity index (χ2v) is 8.17. The maximum atomic E-state index is 12.8. The molecular formula is C16H22N4O4S. The van der Waals surface area contributed by atoms with Gasteiger partial charge in [-0.1, -0.05) is 5.16 Å². The number of rotatable bonds is 4. The fourth-order valence-corrected chi connectivity index (χ4v) is 4.82. The third-order valence-corrected chi connectivity index (χ3v) is 6.55. The standard InChI is InChI=1S/C16H22N4O4S/c1-12-16(13(2)24-17-12)25(22,23)20-8-6-19(7-9-20)15(21)10-14-4-5-18(3)11-14/h4-5,11H,6-10H2,1-3H3. The highest BCUT2D eigenvalue weighted by molar-refractivity contribution is 7.89. The molecule has 0 spiro atoms. The van der Waals surface area contributed by atoms with Crippen LogP contribution in [0.2, 0.25) is 0 Å². The first-order valence-corrected chi connectivity index (χ1v) is 9.54. The van der Waals surface area contributed by atoms with Gasteiger partial charge in [-0.25, -0.2) is 8.42 Å². The molecule has 0 aromatic carbocycles. The molecule has 0 unspecified atom stereocenters. The molecule has 1 saturated heterocycles. The van der Waals surface area contributed by atoms with E-state index in [0.29, 0.717) is 31.0 Å². The molecule has 2 aromatic heterocycles. The monoisotopic (exact) mass is 366 g/mol. The van der Waals surface area contributed by atoms with Crippen molar-refractivity contribution in [1.29, 1.82) is 0 Å². The van der Waals surface area contributed by atoms with Crippen molar-refractivity contribution in [2.24, 2.45) is 7.05 Å². The number of piperazine rings is 1. The highest BCUT2D eigenvalue weighted by atomic mass is 32.2. The van der Waals surface area contributed by atoms with Gasteiger partial charge in [-0.3, -0.25) is 4.79 Å². The molecule has 1 aliphatic heterocycles. The summed E-state index contributed by atoms with van der Waals surface area (Å²) in [5.41, 5.74) is 1.32. The predicted molar refractivity (Wildman–Crippen MR) is 90.4 cm³/mol. The molecule has 1 amide bonds. The first-order valence-electron chi connectivity index (χ1n) is 8.10. The van der Waals surface area contributed by atoms with Crippen molar-refractivity contribution >= 4 is 15.9 Å². The number of hydrogen-bond acceptors (Lipinski definition) is 5. The van der Waals surface area contributed by atoms with Gasteiger partial charge in [0.1, 0.15) is 10.6 Å². The molecule has 2 aromatic rings. The highest BCUT2D eigenvalue weighted by Crippen LogP contribution is 2.24. The molecule has 0 radical (unpaired) electrons.